The van der Waals surface area contributed by atoms with Crippen molar-refractivity contribution in [3.8, 4) is 0 Å². The molecule has 0 bridgehead atoms. The average Bonchev–Trinajstić information content (AvgIpc) is 2.26. The molecule has 0 aliphatic rings. The van der Waals surface area contributed by atoms with Gasteiger partial charge in [-0.3, -0.25) is 4.79 Å². The van der Waals surface area contributed by atoms with Crippen molar-refractivity contribution < 1.29 is 9.90 Å². The fourth-order valence-electron chi connectivity index (χ4n) is 1.41. The first-order valence-electron chi connectivity index (χ1n) is 5.53. The molecular formula is C13H18O2S. The minimum atomic E-state index is -0.721. The van der Waals surface area contributed by atoms with E-state index < -0.39 is 5.97 Å². The second-order valence-electron chi connectivity index (χ2n) is 3.89. The summed E-state index contributed by atoms with van der Waals surface area (Å²) in [5.41, 5.74) is 2.60. The van der Waals surface area contributed by atoms with Crippen molar-refractivity contribution in [2.75, 3.05) is 0 Å². The van der Waals surface area contributed by atoms with Crippen LogP contribution in [-0.2, 0) is 17.0 Å². The molecule has 2 nitrogen and oxygen atoms in total. The van der Waals surface area contributed by atoms with Crippen LogP contribution in [0.4, 0.5) is 0 Å². The first-order valence-corrected chi connectivity index (χ1v) is 6.58. The highest BCUT2D eigenvalue weighted by Crippen LogP contribution is 2.20. The van der Waals surface area contributed by atoms with E-state index in [0.29, 0.717) is 0 Å². The largest absolute Gasteiger partial charge is 0.481 e. The fraction of sp³-hybridized carbons (Fsp3) is 0.462. The molecule has 1 atom stereocenters. The number of aliphatic carboxylic acids is 1. The SMILES string of the molecule is CCc1ccc(CSC(C)CC(=O)O)cc1. The van der Waals surface area contributed by atoms with Crippen molar-refractivity contribution in [2.24, 2.45) is 0 Å². The standard InChI is InChI=1S/C13H18O2S/c1-3-11-4-6-12(7-5-11)9-16-10(2)8-13(14)15/h4-7,10H,3,8-9H2,1-2H3,(H,14,15). The number of rotatable bonds is 6. The third-order valence-corrected chi connectivity index (χ3v) is 3.66. The van der Waals surface area contributed by atoms with Crippen LogP contribution in [0.3, 0.4) is 0 Å². The number of hydrogen-bond acceptors (Lipinski definition) is 2. The zero-order chi connectivity index (χ0) is 12.0. The van der Waals surface area contributed by atoms with Crippen LogP contribution in [0.2, 0.25) is 0 Å². The zero-order valence-electron chi connectivity index (χ0n) is 9.77. The Balaban J connectivity index is 2.39. The Hall–Kier alpha value is -0.960. The monoisotopic (exact) mass is 238 g/mol. The van der Waals surface area contributed by atoms with Crippen LogP contribution in [-0.4, -0.2) is 16.3 Å². The van der Waals surface area contributed by atoms with E-state index >= 15 is 0 Å². The molecule has 3 heteroatoms. The Morgan fingerprint density at radius 3 is 2.38 bits per heavy atom. The summed E-state index contributed by atoms with van der Waals surface area (Å²) in [6, 6.07) is 8.52. The van der Waals surface area contributed by atoms with Crippen LogP contribution in [0.5, 0.6) is 0 Å². The van der Waals surface area contributed by atoms with Gasteiger partial charge in [0.1, 0.15) is 0 Å². The summed E-state index contributed by atoms with van der Waals surface area (Å²) in [5.74, 6) is 0.166. The maximum Gasteiger partial charge on any atom is 0.304 e. The predicted octanol–water partition coefficient (Wildman–Crippen LogP) is 3.35. The first-order chi connectivity index (χ1) is 7.61. The lowest BCUT2D eigenvalue weighted by atomic mass is 10.1. The zero-order valence-corrected chi connectivity index (χ0v) is 10.6. The Bertz CT molecular complexity index is 332. The van der Waals surface area contributed by atoms with Gasteiger partial charge in [0.15, 0.2) is 0 Å². The lowest BCUT2D eigenvalue weighted by molar-refractivity contribution is -0.136. The van der Waals surface area contributed by atoms with Gasteiger partial charge in [0.2, 0.25) is 0 Å². The van der Waals surface area contributed by atoms with Crippen LogP contribution in [0.15, 0.2) is 24.3 Å². The van der Waals surface area contributed by atoms with Crippen molar-refractivity contribution in [1.82, 2.24) is 0 Å². The topological polar surface area (TPSA) is 37.3 Å². The van der Waals surface area contributed by atoms with Gasteiger partial charge in [0, 0.05) is 11.0 Å². The van der Waals surface area contributed by atoms with Crippen molar-refractivity contribution >= 4 is 17.7 Å². The van der Waals surface area contributed by atoms with E-state index in [1.54, 1.807) is 11.8 Å². The normalized spacial score (nSPS) is 12.4. The van der Waals surface area contributed by atoms with Crippen LogP contribution in [0.1, 0.15) is 31.4 Å². The van der Waals surface area contributed by atoms with E-state index in [9.17, 15) is 4.79 Å². The molecule has 0 saturated carbocycles. The van der Waals surface area contributed by atoms with E-state index in [-0.39, 0.29) is 11.7 Å². The molecule has 0 aliphatic heterocycles. The molecule has 1 N–H and O–H groups in total. The number of benzene rings is 1. The van der Waals surface area contributed by atoms with E-state index in [4.69, 9.17) is 5.11 Å². The summed E-state index contributed by atoms with van der Waals surface area (Å²) in [5, 5.41) is 8.81. The van der Waals surface area contributed by atoms with Crippen LogP contribution in [0.25, 0.3) is 0 Å². The Labute approximate surface area is 101 Å². The number of carbonyl (C=O) groups is 1. The smallest absolute Gasteiger partial charge is 0.304 e. The quantitative estimate of drug-likeness (QED) is 0.826. The number of carboxylic acid groups (broad SMARTS) is 1. The molecule has 0 fully saturated rings. The molecule has 0 aromatic heterocycles. The van der Waals surface area contributed by atoms with Gasteiger partial charge in [-0.1, -0.05) is 38.1 Å². The number of thioether (sulfide) groups is 1. The Kier molecular flexibility index (Phi) is 5.39. The summed E-state index contributed by atoms with van der Waals surface area (Å²) >= 11 is 1.69. The maximum absolute atomic E-state index is 10.5. The van der Waals surface area contributed by atoms with Crippen molar-refractivity contribution in [3.63, 3.8) is 0 Å². The Morgan fingerprint density at radius 2 is 1.88 bits per heavy atom. The van der Waals surface area contributed by atoms with E-state index in [1.807, 2.05) is 6.92 Å². The third kappa shape index (κ3) is 4.71. The van der Waals surface area contributed by atoms with Gasteiger partial charge in [0.05, 0.1) is 6.42 Å². The maximum atomic E-state index is 10.5. The molecule has 0 amide bonds. The highest BCUT2D eigenvalue weighted by Gasteiger charge is 2.07. The highest BCUT2D eigenvalue weighted by atomic mass is 32.2. The number of carboxylic acids is 1. The van der Waals surface area contributed by atoms with Gasteiger partial charge in [-0.15, -0.1) is 0 Å². The molecule has 1 aromatic carbocycles. The summed E-state index contributed by atoms with van der Waals surface area (Å²) in [6.45, 7) is 4.10. The highest BCUT2D eigenvalue weighted by molar-refractivity contribution is 7.99. The van der Waals surface area contributed by atoms with Crippen molar-refractivity contribution in [2.45, 2.75) is 37.7 Å². The summed E-state index contributed by atoms with van der Waals surface area (Å²) in [4.78, 5) is 10.5. The van der Waals surface area contributed by atoms with E-state index in [0.717, 1.165) is 12.2 Å². The molecule has 16 heavy (non-hydrogen) atoms. The van der Waals surface area contributed by atoms with E-state index in [2.05, 4.69) is 31.2 Å². The lowest BCUT2D eigenvalue weighted by Crippen LogP contribution is -2.05. The van der Waals surface area contributed by atoms with Crippen molar-refractivity contribution in [3.05, 3.63) is 35.4 Å². The van der Waals surface area contributed by atoms with Crippen LogP contribution < -0.4 is 0 Å². The van der Waals surface area contributed by atoms with Gasteiger partial charge in [-0.05, 0) is 17.5 Å². The van der Waals surface area contributed by atoms with Crippen LogP contribution >= 0.6 is 11.8 Å². The summed E-state index contributed by atoms with van der Waals surface area (Å²) in [6.07, 6.45) is 1.29. The third-order valence-electron chi connectivity index (χ3n) is 2.43. The van der Waals surface area contributed by atoms with Gasteiger partial charge < -0.3 is 5.11 Å². The van der Waals surface area contributed by atoms with Crippen molar-refractivity contribution in [1.29, 1.82) is 0 Å². The molecule has 0 radical (unpaired) electrons. The first kappa shape index (κ1) is 13.1. The molecule has 0 spiro atoms. The molecule has 1 aromatic rings. The number of aryl methyl sites for hydroxylation is 1. The molecule has 0 heterocycles. The number of hydrogen-bond donors (Lipinski definition) is 1. The minimum Gasteiger partial charge on any atom is -0.481 e. The predicted molar refractivity (Wildman–Crippen MR) is 68.8 cm³/mol. The average molecular weight is 238 g/mol. The van der Waals surface area contributed by atoms with Gasteiger partial charge in [0.25, 0.3) is 0 Å². The second-order valence-corrected chi connectivity index (χ2v) is 5.32. The van der Waals surface area contributed by atoms with Gasteiger partial charge in [-0.2, -0.15) is 11.8 Å². The van der Waals surface area contributed by atoms with Gasteiger partial charge in [-0.25, -0.2) is 0 Å². The second kappa shape index (κ2) is 6.59. The molecule has 0 aliphatic carbocycles. The summed E-state index contributed by atoms with van der Waals surface area (Å²) < 4.78 is 0. The molecule has 0 saturated heterocycles. The minimum absolute atomic E-state index is 0.170. The van der Waals surface area contributed by atoms with E-state index in [1.165, 1.54) is 11.1 Å². The fourth-order valence-corrected chi connectivity index (χ4v) is 2.34. The molecule has 88 valence electrons. The molecule has 1 rings (SSSR count). The Morgan fingerprint density at radius 1 is 1.31 bits per heavy atom. The molecular weight excluding hydrogens is 220 g/mol. The van der Waals surface area contributed by atoms with Gasteiger partial charge >= 0.3 is 5.97 Å². The molecule has 1 unspecified atom stereocenters. The summed E-state index contributed by atoms with van der Waals surface area (Å²) in [7, 11) is 0. The lowest BCUT2D eigenvalue weighted by Gasteiger charge is -2.08. The van der Waals surface area contributed by atoms with Crippen LogP contribution in [0, 0.1) is 0 Å².